The van der Waals surface area contributed by atoms with Crippen molar-refractivity contribution in [2.75, 3.05) is 20.0 Å². The highest BCUT2D eigenvalue weighted by Gasteiger charge is 2.39. The molecule has 2 aromatic carbocycles. The van der Waals surface area contributed by atoms with Gasteiger partial charge in [-0.25, -0.2) is 8.42 Å². The Kier molecular flexibility index (Phi) is 4.39. The highest BCUT2D eigenvalue weighted by atomic mass is 32.2. The summed E-state index contributed by atoms with van der Waals surface area (Å²) >= 11 is 0. The fraction of sp³-hybridized carbons (Fsp3) is 0.294. The Morgan fingerprint density at radius 3 is 2.26 bits per heavy atom. The van der Waals surface area contributed by atoms with Crippen LogP contribution in [-0.4, -0.2) is 34.0 Å². The Morgan fingerprint density at radius 2 is 1.65 bits per heavy atom. The maximum absolute atomic E-state index is 12.4. The zero-order valence-electron chi connectivity index (χ0n) is 12.8. The average molecular weight is 334 g/mol. The molecule has 0 bridgehead atoms. The fourth-order valence-electron chi connectivity index (χ4n) is 2.02. The zero-order chi connectivity index (χ0) is 16.3. The van der Waals surface area contributed by atoms with E-state index in [1.165, 1.54) is 12.1 Å². The number of benzene rings is 2. The van der Waals surface area contributed by atoms with E-state index in [-0.39, 0.29) is 22.2 Å². The Bertz CT molecular complexity index is 749. The maximum Gasteiger partial charge on any atom is 0.206 e. The highest BCUT2D eigenvalue weighted by molar-refractivity contribution is 7.91. The first-order valence-corrected chi connectivity index (χ1v) is 8.73. The van der Waals surface area contributed by atoms with Crippen molar-refractivity contribution in [1.82, 2.24) is 0 Å². The van der Waals surface area contributed by atoms with Gasteiger partial charge in [0.1, 0.15) is 11.4 Å². The Balaban J connectivity index is 1.60. The van der Waals surface area contributed by atoms with Crippen LogP contribution >= 0.6 is 0 Å². The van der Waals surface area contributed by atoms with Crippen LogP contribution in [0.5, 0.6) is 5.75 Å². The molecule has 1 atom stereocenters. The molecular formula is C17H18O5S. The molecule has 1 fully saturated rings. The van der Waals surface area contributed by atoms with E-state index in [0.717, 1.165) is 0 Å². The summed E-state index contributed by atoms with van der Waals surface area (Å²) in [5.74, 6) is 0.555. The van der Waals surface area contributed by atoms with E-state index in [1.54, 1.807) is 42.5 Å². The van der Waals surface area contributed by atoms with Crippen LogP contribution in [0.25, 0.3) is 0 Å². The number of sulfone groups is 1. The van der Waals surface area contributed by atoms with E-state index in [0.29, 0.717) is 19.0 Å². The zero-order valence-corrected chi connectivity index (χ0v) is 13.6. The number of hydrogen-bond acceptors (Lipinski definition) is 5. The van der Waals surface area contributed by atoms with E-state index >= 15 is 0 Å². The lowest BCUT2D eigenvalue weighted by Gasteiger charge is -2.10. The summed E-state index contributed by atoms with van der Waals surface area (Å²) in [6, 6.07) is 14.6. The van der Waals surface area contributed by atoms with Crippen LogP contribution in [-0.2, 0) is 19.3 Å². The van der Waals surface area contributed by atoms with Crippen molar-refractivity contribution in [3.63, 3.8) is 0 Å². The van der Waals surface area contributed by atoms with Crippen molar-refractivity contribution in [3.05, 3.63) is 54.6 Å². The van der Waals surface area contributed by atoms with E-state index in [4.69, 9.17) is 14.2 Å². The molecule has 1 aliphatic heterocycles. The van der Waals surface area contributed by atoms with Gasteiger partial charge in [0.05, 0.1) is 23.0 Å². The van der Waals surface area contributed by atoms with Crippen LogP contribution in [0.3, 0.4) is 0 Å². The second kappa shape index (κ2) is 6.31. The highest BCUT2D eigenvalue weighted by Crippen LogP contribution is 2.26. The van der Waals surface area contributed by atoms with Crippen molar-refractivity contribution >= 4 is 9.84 Å². The molecular weight excluding hydrogens is 316 g/mol. The molecule has 6 heteroatoms. The average Bonchev–Trinajstić information content (AvgIpc) is 3.31. The van der Waals surface area contributed by atoms with Crippen molar-refractivity contribution in [2.24, 2.45) is 0 Å². The van der Waals surface area contributed by atoms with Gasteiger partial charge in [-0.1, -0.05) is 18.2 Å². The molecule has 2 aromatic rings. The molecule has 1 aliphatic rings. The summed E-state index contributed by atoms with van der Waals surface area (Å²) < 4.78 is 40.9. The predicted octanol–water partition coefficient (Wildman–Crippen LogP) is 2.66. The van der Waals surface area contributed by atoms with Gasteiger partial charge in [-0.05, 0) is 43.3 Å². The summed E-state index contributed by atoms with van der Waals surface area (Å²) in [6.45, 7) is 3.26. The third-order valence-corrected chi connectivity index (χ3v) is 5.33. The first-order valence-electron chi connectivity index (χ1n) is 7.24. The summed E-state index contributed by atoms with van der Waals surface area (Å²) in [7, 11) is -3.50. The van der Waals surface area contributed by atoms with Gasteiger partial charge in [0.15, 0.2) is 6.79 Å². The minimum absolute atomic E-state index is 0.101. The second-order valence-corrected chi connectivity index (χ2v) is 7.59. The van der Waals surface area contributed by atoms with Gasteiger partial charge >= 0.3 is 0 Å². The molecule has 23 heavy (non-hydrogen) atoms. The Morgan fingerprint density at radius 1 is 1.04 bits per heavy atom. The second-order valence-electron chi connectivity index (χ2n) is 5.64. The molecule has 0 aromatic heterocycles. The van der Waals surface area contributed by atoms with Gasteiger partial charge in [-0.15, -0.1) is 0 Å². The van der Waals surface area contributed by atoms with Crippen molar-refractivity contribution < 1.29 is 22.6 Å². The molecule has 5 nitrogen and oxygen atoms in total. The van der Waals surface area contributed by atoms with Gasteiger partial charge in [0.25, 0.3) is 0 Å². The van der Waals surface area contributed by atoms with Gasteiger partial charge in [0.2, 0.25) is 9.84 Å². The van der Waals surface area contributed by atoms with E-state index in [1.807, 2.05) is 6.92 Å². The minimum atomic E-state index is -3.50. The van der Waals surface area contributed by atoms with Crippen LogP contribution in [0.15, 0.2) is 64.4 Å². The first kappa shape index (κ1) is 16.0. The maximum atomic E-state index is 12.4. The van der Waals surface area contributed by atoms with Gasteiger partial charge in [-0.3, -0.25) is 0 Å². The van der Waals surface area contributed by atoms with Gasteiger partial charge < -0.3 is 14.2 Å². The van der Waals surface area contributed by atoms with Gasteiger partial charge in [-0.2, -0.15) is 0 Å². The lowest BCUT2D eigenvalue weighted by molar-refractivity contribution is -0.00709. The molecule has 0 saturated carbocycles. The topological polar surface area (TPSA) is 65.1 Å². The lowest BCUT2D eigenvalue weighted by atomic mass is 10.2. The first-order chi connectivity index (χ1) is 11.0. The van der Waals surface area contributed by atoms with E-state index < -0.39 is 9.84 Å². The predicted molar refractivity (Wildman–Crippen MR) is 84.1 cm³/mol. The van der Waals surface area contributed by atoms with E-state index in [9.17, 15) is 8.42 Å². The van der Waals surface area contributed by atoms with Crippen LogP contribution < -0.4 is 4.74 Å². The van der Waals surface area contributed by atoms with Crippen LogP contribution in [0.2, 0.25) is 0 Å². The van der Waals surface area contributed by atoms with E-state index in [2.05, 4.69) is 0 Å². The van der Waals surface area contributed by atoms with Crippen LogP contribution in [0.4, 0.5) is 0 Å². The molecule has 122 valence electrons. The summed E-state index contributed by atoms with van der Waals surface area (Å²) in [5.41, 5.74) is -0.170. The number of epoxide rings is 1. The van der Waals surface area contributed by atoms with Crippen molar-refractivity contribution in [1.29, 1.82) is 0 Å². The molecule has 1 heterocycles. The minimum Gasteiger partial charge on any atom is -0.468 e. The molecule has 1 unspecified atom stereocenters. The third-order valence-electron chi connectivity index (χ3n) is 3.54. The van der Waals surface area contributed by atoms with Crippen LogP contribution in [0, 0.1) is 0 Å². The molecule has 0 radical (unpaired) electrons. The fourth-order valence-corrected chi connectivity index (χ4v) is 3.31. The largest absolute Gasteiger partial charge is 0.468 e. The van der Waals surface area contributed by atoms with Gasteiger partial charge in [0, 0.05) is 0 Å². The Labute approximate surface area is 135 Å². The monoisotopic (exact) mass is 334 g/mol. The molecule has 3 rings (SSSR count). The molecule has 0 spiro atoms. The molecule has 0 amide bonds. The summed E-state index contributed by atoms with van der Waals surface area (Å²) in [5, 5.41) is 0. The van der Waals surface area contributed by atoms with Crippen LogP contribution in [0.1, 0.15) is 6.92 Å². The van der Waals surface area contributed by atoms with Crippen molar-refractivity contribution in [3.8, 4) is 5.75 Å². The molecule has 1 saturated heterocycles. The number of hydrogen-bond donors (Lipinski definition) is 0. The quantitative estimate of drug-likeness (QED) is 0.442. The number of rotatable bonds is 7. The lowest BCUT2D eigenvalue weighted by Crippen LogP contribution is -2.17. The third kappa shape index (κ3) is 3.90. The van der Waals surface area contributed by atoms with Crippen molar-refractivity contribution in [2.45, 2.75) is 22.3 Å². The summed E-state index contributed by atoms with van der Waals surface area (Å²) in [4.78, 5) is 0.505. The SMILES string of the molecule is CC1(COCOc2ccc(S(=O)(=O)c3ccccc3)cc2)CO1. The number of ether oxygens (including phenoxy) is 3. The summed E-state index contributed by atoms with van der Waals surface area (Å²) in [6.07, 6.45) is 0. The normalized spacial score (nSPS) is 20.2. The standard InChI is InChI=1S/C17H18O5S/c1-17(12-22-17)11-20-13-21-14-7-9-16(10-8-14)23(18,19)15-5-3-2-4-6-15/h2-10H,11-13H2,1H3. The molecule has 0 aliphatic carbocycles. The Hall–Kier alpha value is -1.89. The molecule has 0 N–H and O–H groups in total. The smallest absolute Gasteiger partial charge is 0.206 e.